The zero-order valence-electron chi connectivity index (χ0n) is 9.70. The normalized spacial score (nSPS) is 9.22. The first kappa shape index (κ1) is 13.7. The van der Waals surface area contributed by atoms with Gasteiger partial charge in [0.25, 0.3) is 0 Å². The molecule has 0 radical (unpaired) electrons. The van der Waals surface area contributed by atoms with Crippen molar-refractivity contribution >= 4 is 11.9 Å². The maximum absolute atomic E-state index is 13.2. The third-order valence-electron chi connectivity index (χ3n) is 1.97. The van der Waals surface area contributed by atoms with E-state index in [9.17, 15) is 14.0 Å². The number of hydrogen-bond acceptors (Lipinski definition) is 3. The minimum atomic E-state index is -1.13. The van der Waals surface area contributed by atoms with E-state index in [1.54, 1.807) is 6.92 Å². The first-order chi connectivity index (χ1) is 8.52. The third kappa shape index (κ3) is 4.26. The Morgan fingerprint density at radius 2 is 2.17 bits per heavy atom. The molecule has 1 aromatic rings. The standard InChI is InChI=1S/C13H11FO4/c1-2-18-13(17)6-4-9-3-5-11(14)10(7-9)8-12(15)16/h3,5,7H,2,8H2,1H3,(H,15,16). The number of carboxylic acid groups (broad SMARTS) is 1. The summed E-state index contributed by atoms with van der Waals surface area (Å²) in [6.07, 6.45) is -0.430. The number of rotatable bonds is 3. The molecule has 1 N–H and O–H groups in total. The van der Waals surface area contributed by atoms with Crippen molar-refractivity contribution in [1.82, 2.24) is 0 Å². The van der Waals surface area contributed by atoms with E-state index in [2.05, 4.69) is 16.6 Å². The first-order valence-electron chi connectivity index (χ1n) is 5.22. The second-order valence-electron chi connectivity index (χ2n) is 3.35. The van der Waals surface area contributed by atoms with E-state index < -0.39 is 24.2 Å². The van der Waals surface area contributed by atoms with Crippen molar-refractivity contribution in [2.75, 3.05) is 6.61 Å². The van der Waals surface area contributed by atoms with Crippen LogP contribution >= 0.6 is 0 Å². The van der Waals surface area contributed by atoms with Crippen LogP contribution in [0.15, 0.2) is 18.2 Å². The lowest BCUT2D eigenvalue weighted by Gasteiger charge is -2.00. The van der Waals surface area contributed by atoms with Gasteiger partial charge in [-0.05, 0) is 25.1 Å². The Balaban J connectivity index is 2.91. The lowest BCUT2D eigenvalue weighted by Crippen LogP contribution is -2.03. The van der Waals surface area contributed by atoms with Gasteiger partial charge in [0.2, 0.25) is 0 Å². The highest BCUT2D eigenvalue weighted by Crippen LogP contribution is 2.10. The van der Waals surface area contributed by atoms with Crippen molar-refractivity contribution in [3.63, 3.8) is 0 Å². The summed E-state index contributed by atoms with van der Waals surface area (Å²) in [5.74, 6) is 2.28. The first-order valence-corrected chi connectivity index (χ1v) is 5.22. The molecule has 1 rings (SSSR count). The Morgan fingerprint density at radius 3 is 2.78 bits per heavy atom. The third-order valence-corrected chi connectivity index (χ3v) is 1.97. The molecule has 94 valence electrons. The number of aliphatic carboxylic acids is 1. The van der Waals surface area contributed by atoms with Crippen LogP contribution in [0.3, 0.4) is 0 Å². The fourth-order valence-corrected chi connectivity index (χ4v) is 1.24. The smallest absolute Gasteiger partial charge is 0.384 e. The van der Waals surface area contributed by atoms with Gasteiger partial charge < -0.3 is 9.84 Å². The van der Waals surface area contributed by atoms with Crippen LogP contribution < -0.4 is 0 Å². The van der Waals surface area contributed by atoms with Crippen LogP contribution in [-0.4, -0.2) is 23.7 Å². The highest BCUT2D eigenvalue weighted by Gasteiger charge is 2.07. The Hall–Kier alpha value is -2.35. The number of halogens is 1. The summed E-state index contributed by atoms with van der Waals surface area (Å²) in [4.78, 5) is 21.5. The van der Waals surface area contributed by atoms with Gasteiger partial charge in [-0.25, -0.2) is 9.18 Å². The number of carbonyl (C=O) groups excluding carboxylic acids is 1. The Bertz CT molecular complexity index is 526. The lowest BCUT2D eigenvalue weighted by atomic mass is 10.1. The summed E-state index contributed by atoms with van der Waals surface area (Å²) in [6, 6.07) is 3.79. The fourth-order valence-electron chi connectivity index (χ4n) is 1.24. The minimum Gasteiger partial charge on any atom is -0.481 e. The summed E-state index contributed by atoms with van der Waals surface area (Å²) in [5, 5.41) is 8.59. The second kappa shape index (κ2) is 6.40. The van der Waals surface area contributed by atoms with E-state index in [-0.39, 0.29) is 12.2 Å². The number of ether oxygens (including phenoxy) is 1. The van der Waals surface area contributed by atoms with Crippen LogP contribution in [0.1, 0.15) is 18.1 Å². The molecule has 5 heteroatoms. The molecule has 0 aliphatic carbocycles. The van der Waals surface area contributed by atoms with Gasteiger partial charge >= 0.3 is 11.9 Å². The second-order valence-corrected chi connectivity index (χ2v) is 3.35. The molecule has 0 atom stereocenters. The van der Waals surface area contributed by atoms with Crippen molar-refractivity contribution in [2.45, 2.75) is 13.3 Å². The Labute approximate surface area is 103 Å². The van der Waals surface area contributed by atoms with Crippen molar-refractivity contribution in [3.8, 4) is 11.8 Å². The zero-order chi connectivity index (χ0) is 13.5. The molecule has 0 saturated carbocycles. The van der Waals surface area contributed by atoms with Gasteiger partial charge in [0.15, 0.2) is 0 Å². The maximum Gasteiger partial charge on any atom is 0.384 e. The maximum atomic E-state index is 13.2. The number of esters is 1. The molecule has 0 amide bonds. The Kier molecular flexibility index (Phi) is 4.88. The molecule has 0 heterocycles. The summed E-state index contributed by atoms with van der Waals surface area (Å²) in [7, 11) is 0. The quantitative estimate of drug-likeness (QED) is 0.650. The summed E-state index contributed by atoms with van der Waals surface area (Å²) in [5.41, 5.74) is 0.388. The summed E-state index contributed by atoms with van der Waals surface area (Å²) < 4.78 is 17.8. The van der Waals surface area contributed by atoms with E-state index in [1.165, 1.54) is 12.1 Å². The van der Waals surface area contributed by atoms with E-state index in [1.807, 2.05) is 0 Å². The lowest BCUT2D eigenvalue weighted by molar-refractivity contribution is -0.137. The number of hydrogen-bond donors (Lipinski definition) is 1. The van der Waals surface area contributed by atoms with Crippen LogP contribution in [0.25, 0.3) is 0 Å². The van der Waals surface area contributed by atoms with Crippen molar-refractivity contribution < 1.29 is 23.8 Å². The number of carbonyl (C=O) groups is 2. The number of benzene rings is 1. The molecule has 0 aromatic heterocycles. The molecule has 0 spiro atoms. The molecule has 18 heavy (non-hydrogen) atoms. The van der Waals surface area contributed by atoms with Gasteiger partial charge in [0.1, 0.15) is 5.82 Å². The molecule has 0 bridgehead atoms. The summed E-state index contributed by atoms with van der Waals surface area (Å²) in [6.45, 7) is 1.88. The highest BCUT2D eigenvalue weighted by atomic mass is 19.1. The SMILES string of the molecule is CCOC(=O)C#Cc1ccc(F)c(CC(=O)O)c1. The molecule has 0 aliphatic heterocycles. The van der Waals surface area contributed by atoms with Crippen LogP contribution in [-0.2, 0) is 20.7 Å². The Morgan fingerprint density at radius 1 is 1.44 bits per heavy atom. The molecule has 0 fully saturated rings. The van der Waals surface area contributed by atoms with E-state index in [0.29, 0.717) is 5.56 Å². The van der Waals surface area contributed by atoms with Gasteiger partial charge in [0.05, 0.1) is 13.0 Å². The zero-order valence-corrected chi connectivity index (χ0v) is 9.70. The molecule has 4 nitrogen and oxygen atoms in total. The largest absolute Gasteiger partial charge is 0.481 e. The van der Waals surface area contributed by atoms with Gasteiger partial charge in [0, 0.05) is 17.0 Å². The van der Waals surface area contributed by atoms with Crippen LogP contribution in [0.5, 0.6) is 0 Å². The topological polar surface area (TPSA) is 63.6 Å². The molecule has 0 aliphatic rings. The van der Waals surface area contributed by atoms with Crippen molar-refractivity contribution in [3.05, 3.63) is 35.1 Å². The van der Waals surface area contributed by atoms with E-state index in [0.717, 1.165) is 6.07 Å². The molecular weight excluding hydrogens is 239 g/mol. The van der Waals surface area contributed by atoms with Crippen LogP contribution in [0.2, 0.25) is 0 Å². The van der Waals surface area contributed by atoms with Gasteiger partial charge in [-0.1, -0.05) is 5.92 Å². The number of carboxylic acids is 1. The van der Waals surface area contributed by atoms with Gasteiger partial charge in [-0.2, -0.15) is 0 Å². The monoisotopic (exact) mass is 250 g/mol. The van der Waals surface area contributed by atoms with E-state index >= 15 is 0 Å². The predicted molar refractivity (Wildman–Crippen MR) is 61.3 cm³/mol. The molecule has 0 saturated heterocycles. The minimum absolute atomic E-state index is 0.0261. The van der Waals surface area contributed by atoms with Crippen molar-refractivity contribution in [2.24, 2.45) is 0 Å². The molecular formula is C13H11FO4. The average Bonchev–Trinajstić information content (AvgIpc) is 2.30. The van der Waals surface area contributed by atoms with Gasteiger partial charge in [-0.15, -0.1) is 0 Å². The predicted octanol–water partition coefficient (Wildman–Crippen LogP) is 1.37. The van der Waals surface area contributed by atoms with Crippen LogP contribution in [0.4, 0.5) is 4.39 Å². The van der Waals surface area contributed by atoms with Crippen molar-refractivity contribution in [1.29, 1.82) is 0 Å². The van der Waals surface area contributed by atoms with Crippen LogP contribution in [0, 0.1) is 17.7 Å². The molecule has 0 unspecified atom stereocenters. The summed E-state index contributed by atoms with van der Waals surface area (Å²) >= 11 is 0. The fraction of sp³-hybridized carbons (Fsp3) is 0.231. The van der Waals surface area contributed by atoms with E-state index in [4.69, 9.17) is 5.11 Å². The highest BCUT2D eigenvalue weighted by molar-refractivity contribution is 5.89. The average molecular weight is 250 g/mol. The van der Waals surface area contributed by atoms with Gasteiger partial charge in [-0.3, -0.25) is 4.79 Å². The molecule has 1 aromatic carbocycles.